The fourth-order valence-corrected chi connectivity index (χ4v) is 2.93. The van der Waals surface area contributed by atoms with Crippen molar-refractivity contribution in [1.82, 2.24) is 5.43 Å². The van der Waals surface area contributed by atoms with Gasteiger partial charge in [-0.25, -0.2) is 5.43 Å². The van der Waals surface area contributed by atoms with Crippen LogP contribution in [0.4, 0.5) is 0 Å². The van der Waals surface area contributed by atoms with Gasteiger partial charge in [0.2, 0.25) is 5.91 Å². The number of carbonyl (C=O) groups is 1. The van der Waals surface area contributed by atoms with Gasteiger partial charge in [-0.2, -0.15) is 5.10 Å². The molecule has 1 N–H and O–H groups in total. The first-order chi connectivity index (χ1) is 13.1. The van der Waals surface area contributed by atoms with E-state index in [1.165, 1.54) is 0 Å². The van der Waals surface area contributed by atoms with Crippen molar-refractivity contribution in [1.29, 1.82) is 0 Å². The Morgan fingerprint density at radius 2 is 1.85 bits per heavy atom. The number of ether oxygens (including phenoxy) is 3. The van der Waals surface area contributed by atoms with Gasteiger partial charge in [-0.15, -0.1) is 0 Å². The summed E-state index contributed by atoms with van der Waals surface area (Å²) in [6.45, 7) is 4.87. The van der Waals surface area contributed by atoms with E-state index in [1.54, 1.807) is 13.3 Å². The van der Waals surface area contributed by atoms with Crippen LogP contribution in [-0.2, 0) is 11.2 Å². The van der Waals surface area contributed by atoms with E-state index in [-0.39, 0.29) is 12.3 Å². The number of hydrazone groups is 1. The van der Waals surface area contributed by atoms with Gasteiger partial charge in [0.25, 0.3) is 0 Å². The van der Waals surface area contributed by atoms with Crippen molar-refractivity contribution in [3.05, 3.63) is 52.0 Å². The van der Waals surface area contributed by atoms with Gasteiger partial charge >= 0.3 is 0 Å². The van der Waals surface area contributed by atoms with Gasteiger partial charge in [-0.05, 0) is 65.2 Å². The first kappa shape index (κ1) is 20.8. The summed E-state index contributed by atoms with van der Waals surface area (Å²) in [4.78, 5) is 12.0. The molecule has 0 saturated heterocycles. The second kappa shape index (κ2) is 10.6. The number of carbonyl (C=O) groups excluding carboxylic acids is 1. The predicted molar refractivity (Wildman–Crippen MR) is 109 cm³/mol. The van der Waals surface area contributed by atoms with Crippen LogP contribution in [0.3, 0.4) is 0 Å². The molecule has 144 valence electrons. The number of methoxy groups -OCH3 is 1. The summed E-state index contributed by atoms with van der Waals surface area (Å²) in [6.07, 6.45) is 1.80. The minimum absolute atomic E-state index is 0.202. The van der Waals surface area contributed by atoms with E-state index in [0.717, 1.165) is 21.3 Å². The molecule has 0 aliphatic rings. The normalized spacial score (nSPS) is 10.7. The zero-order valence-corrected chi connectivity index (χ0v) is 17.2. The second-order valence-corrected chi connectivity index (χ2v) is 6.37. The molecule has 0 saturated carbocycles. The SMILES string of the molecule is CCOc1cc(/C=N\NC(=O)Cc2ccc(OC)cc2)cc(Br)c1OCC. The van der Waals surface area contributed by atoms with Crippen molar-refractivity contribution in [2.24, 2.45) is 5.10 Å². The number of halogens is 1. The van der Waals surface area contributed by atoms with Crippen molar-refractivity contribution in [2.75, 3.05) is 20.3 Å². The van der Waals surface area contributed by atoms with E-state index in [4.69, 9.17) is 14.2 Å². The van der Waals surface area contributed by atoms with Gasteiger partial charge in [0.15, 0.2) is 11.5 Å². The molecule has 0 radical (unpaired) electrons. The molecule has 2 aromatic carbocycles. The van der Waals surface area contributed by atoms with E-state index in [2.05, 4.69) is 26.5 Å². The maximum absolute atomic E-state index is 12.0. The molecular formula is C20H23BrN2O4. The molecule has 0 aromatic heterocycles. The Balaban J connectivity index is 2.00. The maximum atomic E-state index is 12.0. The largest absolute Gasteiger partial charge is 0.497 e. The van der Waals surface area contributed by atoms with Gasteiger partial charge in [-0.3, -0.25) is 4.79 Å². The molecule has 6 nitrogen and oxygen atoms in total. The lowest BCUT2D eigenvalue weighted by atomic mass is 10.1. The fraction of sp³-hybridized carbons (Fsp3) is 0.300. The van der Waals surface area contributed by atoms with Crippen molar-refractivity contribution >= 4 is 28.1 Å². The van der Waals surface area contributed by atoms with Crippen molar-refractivity contribution in [2.45, 2.75) is 20.3 Å². The Hall–Kier alpha value is -2.54. The van der Waals surface area contributed by atoms with E-state index >= 15 is 0 Å². The Morgan fingerprint density at radius 1 is 1.15 bits per heavy atom. The van der Waals surface area contributed by atoms with Crippen LogP contribution in [0.1, 0.15) is 25.0 Å². The molecule has 7 heteroatoms. The highest BCUT2D eigenvalue weighted by atomic mass is 79.9. The summed E-state index contributed by atoms with van der Waals surface area (Å²) in [5.74, 6) is 1.83. The molecule has 27 heavy (non-hydrogen) atoms. The van der Waals surface area contributed by atoms with Crippen molar-refractivity contribution < 1.29 is 19.0 Å². The average Bonchev–Trinajstić information content (AvgIpc) is 2.65. The number of hydrogen-bond donors (Lipinski definition) is 1. The topological polar surface area (TPSA) is 69.2 Å². The van der Waals surface area contributed by atoms with Crippen molar-refractivity contribution in [3.63, 3.8) is 0 Å². The first-order valence-electron chi connectivity index (χ1n) is 8.61. The fourth-order valence-electron chi connectivity index (χ4n) is 2.36. The lowest BCUT2D eigenvalue weighted by Gasteiger charge is -2.13. The molecule has 0 bridgehead atoms. The molecule has 0 heterocycles. The summed E-state index contributed by atoms with van der Waals surface area (Å²) < 4.78 is 17.1. The van der Waals surface area contributed by atoms with Gasteiger partial charge in [0.1, 0.15) is 5.75 Å². The van der Waals surface area contributed by atoms with Crippen LogP contribution < -0.4 is 19.6 Å². The van der Waals surface area contributed by atoms with Crippen LogP contribution in [0.15, 0.2) is 46.0 Å². The highest BCUT2D eigenvalue weighted by Crippen LogP contribution is 2.36. The molecule has 2 rings (SSSR count). The summed E-state index contributed by atoms with van der Waals surface area (Å²) >= 11 is 3.48. The van der Waals surface area contributed by atoms with Crippen LogP contribution in [0.25, 0.3) is 0 Å². The zero-order chi connectivity index (χ0) is 19.6. The average molecular weight is 435 g/mol. The lowest BCUT2D eigenvalue weighted by Crippen LogP contribution is -2.19. The lowest BCUT2D eigenvalue weighted by molar-refractivity contribution is -0.120. The first-order valence-corrected chi connectivity index (χ1v) is 9.40. The third-order valence-corrected chi connectivity index (χ3v) is 4.14. The van der Waals surface area contributed by atoms with E-state index in [0.29, 0.717) is 24.7 Å². The minimum atomic E-state index is -0.202. The monoisotopic (exact) mass is 434 g/mol. The predicted octanol–water partition coefficient (Wildman–Crippen LogP) is 3.95. The Labute approximate surface area is 167 Å². The highest BCUT2D eigenvalue weighted by Gasteiger charge is 2.11. The number of hydrogen-bond acceptors (Lipinski definition) is 5. The Kier molecular flexibility index (Phi) is 8.13. The summed E-state index contributed by atoms with van der Waals surface area (Å²) in [7, 11) is 1.60. The molecule has 0 aliphatic carbocycles. The Morgan fingerprint density at radius 3 is 2.48 bits per heavy atom. The molecule has 0 aliphatic heterocycles. The summed E-state index contributed by atoms with van der Waals surface area (Å²) in [5, 5.41) is 4.02. The Bertz CT molecular complexity index is 791. The number of nitrogens with zero attached hydrogens (tertiary/aromatic N) is 1. The van der Waals surface area contributed by atoms with Gasteiger partial charge in [-0.1, -0.05) is 12.1 Å². The highest BCUT2D eigenvalue weighted by molar-refractivity contribution is 9.10. The van der Waals surface area contributed by atoms with Crippen molar-refractivity contribution in [3.8, 4) is 17.2 Å². The van der Waals surface area contributed by atoms with Crippen LogP contribution >= 0.6 is 15.9 Å². The standard InChI is InChI=1S/C20H23BrN2O4/c1-4-26-18-11-15(10-17(21)20(18)27-5-2)13-22-23-19(24)12-14-6-8-16(25-3)9-7-14/h6-11,13H,4-5,12H2,1-3H3,(H,23,24)/b22-13-. The maximum Gasteiger partial charge on any atom is 0.244 e. The smallest absolute Gasteiger partial charge is 0.244 e. The van der Waals surface area contributed by atoms with Crippen LogP contribution in [0.5, 0.6) is 17.2 Å². The van der Waals surface area contributed by atoms with Crippen LogP contribution in [0, 0.1) is 0 Å². The third kappa shape index (κ3) is 6.29. The molecule has 2 aromatic rings. The zero-order valence-electron chi connectivity index (χ0n) is 15.6. The number of amides is 1. The van der Waals surface area contributed by atoms with E-state index in [1.807, 2.05) is 50.2 Å². The second-order valence-electron chi connectivity index (χ2n) is 5.51. The minimum Gasteiger partial charge on any atom is -0.497 e. The molecule has 1 amide bonds. The van der Waals surface area contributed by atoms with E-state index in [9.17, 15) is 4.79 Å². The number of benzene rings is 2. The quantitative estimate of drug-likeness (QED) is 0.479. The van der Waals surface area contributed by atoms with Gasteiger partial charge < -0.3 is 14.2 Å². The van der Waals surface area contributed by atoms with Crippen LogP contribution in [-0.4, -0.2) is 32.4 Å². The summed E-state index contributed by atoms with van der Waals surface area (Å²) in [5.41, 5.74) is 4.19. The summed E-state index contributed by atoms with van der Waals surface area (Å²) in [6, 6.07) is 11.0. The third-order valence-electron chi connectivity index (χ3n) is 3.55. The molecule has 0 spiro atoms. The molecule has 0 fully saturated rings. The molecule has 0 atom stereocenters. The van der Waals surface area contributed by atoms with Gasteiger partial charge in [0.05, 0.1) is 37.4 Å². The molecular weight excluding hydrogens is 412 g/mol. The van der Waals surface area contributed by atoms with Crippen LogP contribution in [0.2, 0.25) is 0 Å². The number of rotatable bonds is 9. The molecule has 0 unspecified atom stereocenters. The number of nitrogens with one attached hydrogen (secondary N) is 1. The van der Waals surface area contributed by atoms with Gasteiger partial charge in [0, 0.05) is 0 Å². The van der Waals surface area contributed by atoms with E-state index < -0.39 is 0 Å².